The van der Waals surface area contributed by atoms with Gasteiger partial charge in [0.15, 0.2) is 0 Å². The number of benzene rings is 1. The molecular formula is C12H16N2. The molecule has 0 amide bonds. The van der Waals surface area contributed by atoms with E-state index in [1.54, 1.807) is 6.20 Å². The SMILES string of the molecule is C=CNCCC1Cc2ccccc2N1. The number of hydrogen-bond acceptors (Lipinski definition) is 2. The van der Waals surface area contributed by atoms with Gasteiger partial charge in [-0.05, 0) is 30.7 Å². The quantitative estimate of drug-likeness (QED) is 0.707. The largest absolute Gasteiger partial charge is 0.391 e. The van der Waals surface area contributed by atoms with Gasteiger partial charge in [0.1, 0.15) is 0 Å². The maximum absolute atomic E-state index is 3.63. The molecule has 0 saturated heterocycles. The van der Waals surface area contributed by atoms with Crippen LogP contribution >= 0.6 is 0 Å². The van der Waals surface area contributed by atoms with E-state index in [-0.39, 0.29) is 0 Å². The molecule has 2 rings (SSSR count). The first kappa shape index (κ1) is 9.13. The summed E-state index contributed by atoms with van der Waals surface area (Å²) >= 11 is 0. The predicted octanol–water partition coefficient (Wildman–Crippen LogP) is 2.15. The van der Waals surface area contributed by atoms with Gasteiger partial charge in [-0.15, -0.1) is 0 Å². The van der Waals surface area contributed by atoms with Crippen molar-refractivity contribution in [1.82, 2.24) is 5.32 Å². The number of para-hydroxylation sites is 1. The van der Waals surface area contributed by atoms with Crippen molar-refractivity contribution >= 4 is 5.69 Å². The van der Waals surface area contributed by atoms with E-state index in [9.17, 15) is 0 Å². The summed E-state index contributed by atoms with van der Waals surface area (Å²) in [6.45, 7) is 4.63. The number of fused-ring (bicyclic) bond motifs is 1. The molecule has 0 aromatic heterocycles. The van der Waals surface area contributed by atoms with E-state index in [1.807, 2.05) is 0 Å². The fraction of sp³-hybridized carbons (Fsp3) is 0.333. The number of anilines is 1. The van der Waals surface area contributed by atoms with Gasteiger partial charge in [-0.3, -0.25) is 0 Å². The Morgan fingerprint density at radius 3 is 3.14 bits per heavy atom. The van der Waals surface area contributed by atoms with Crippen LogP contribution in [0.25, 0.3) is 0 Å². The van der Waals surface area contributed by atoms with Crippen molar-refractivity contribution < 1.29 is 0 Å². The lowest BCUT2D eigenvalue weighted by molar-refractivity contribution is 0.648. The lowest BCUT2D eigenvalue weighted by atomic mass is 10.1. The van der Waals surface area contributed by atoms with Crippen molar-refractivity contribution in [3.05, 3.63) is 42.6 Å². The van der Waals surface area contributed by atoms with Crippen LogP contribution in [0.3, 0.4) is 0 Å². The molecule has 1 aliphatic heterocycles. The second-order valence-electron chi connectivity index (χ2n) is 3.65. The summed E-state index contributed by atoms with van der Waals surface area (Å²) in [5.41, 5.74) is 2.74. The van der Waals surface area contributed by atoms with Crippen molar-refractivity contribution in [2.75, 3.05) is 11.9 Å². The highest BCUT2D eigenvalue weighted by atomic mass is 15.0. The minimum atomic E-state index is 0.583. The molecule has 0 radical (unpaired) electrons. The van der Waals surface area contributed by atoms with E-state index in [1.165, 1.54) is 11.3 Å². The number of hydrogen-bond donors (Lipinski definition) is 2. The Bertz CT molecular complexity index is 295. The van der Waals surface area contributed by atoms with E-state index in [0.717, 1.165) is 19.4 Å². The minimum absolute atomic E-state index is 0.583. The number of nitrogens with one attached hydrogen (secondary N) is 2. The molecule has 0 fully saturated rings. The molecule has 0 aliphatic carbocycles. The minimum Gasteiger partial charge on any atom is -0.391 e. The van der Waals surface area contributed by atoms with Crippen LogP contribution in [0.5, 0.6) is 0 Å². The Labute approximate surface area is 85.0 Å². The Balaban J connectivity index is 1.88. The second-order valence-corrected chi connectivity index (χ2v) is 3.65. The Morgan fingerprint density at radius 1 is 1.50 bits per heavy atom. The number of rotatable bonds is 4. The fourth-order valence-electron chi connectivity index (χ4n) is 1.91. The summed E-state index contributed by atoms with van der Waals surface area (Å²) in [6, 6.07) is 9.11. The standard InChI is InChI=1S/C12H16N2/c1-2-13-8-7-11-9-10-5-3-4-6-12(10)14-11/h2-6,11,13-14H,1,7-9H2. The van der Waals surface area contributed by atoms with Crippen LogP contribution in [-0.4, -0.2) is 12.6 Å². The third kappa shape index (κ3) is 1.90. The van der Waals surface area contributed by atoms with Gasteiger partial charge in [-0.1, -0.05) is 24.8 Å². The molecule has 0 bridgehead atoms. The average Bonchev–Trinajstić information content (AvgIpc) is 2.60. The van der Waals surface area contributed by atoms with Gasteiger partial charge in [0, 0.05) is 18.3 Å². The third-order valence-corrected chi connectivity index (χ3v) is 2.62. The van der Waals surface area contributed by atoms with Crippen LogP contribution < -0.4 is 10.6 Å². The summed E-state index contributed by atoms with van der Waals surface area (Å²) < 4.78 is 0. The summed E-state index contributed by atoms with van der Waals surface area (Å²) in [4.78, 5) is 0. The van der Waals surface area contributed by atoms with E-state index in [0.29, 0.717) is 6.04 Å². The van der Waals surface area contributed by atoms with Crippen molar-refractivity contribution in [3.8, 4) is 0 Å². The first-order valence-corrected chi connectivity index (χ1v) is 5.09. The normalized spacial score (nSPS) is 18.4. The molecule has 2 N–H and O–H groups in total. The molecule has 2 nitrogen and oxygen atoms in total. The highest BCUT2D eigenvalue weighted by Gasteiger charge is 2.18. The predicted molar refractivity (Wildman–Crippen MR) is 60.4 cm³/mol. The van der Waals surface area contributed by atoms with E-state index in [4.69, 9.17) is 0 Å². The van der Waals surface area contributed by atoms with Crippen molar-refractivity contribution in [2.45, 2.75) is 18.9 Å². The van der Waals surface area contributed by atoms with Gasteiger partial charge in [0.25, 0.3) is 0 Å². The lowest BCUT2D eigenvalue weighted by Gasteiger charge is -2.10. The molecule has 1 aliphatic rings. The summed E-state index contributed by atoms with van der Waals surface area (Å²) in [6.07, 6.45) is 4.04. The molecule has 1 unspecified atom stereocenters. The summed E-state index contributed by atoms with van der Waals surface area (Å²) in [7, 11) is 0. The van der Waals surface area contributed by atoms with Crippen LogP contribution in [0.4, 0.5) is 5.69 Å². The first-order chi connectivity index (χ1) is 6.90. The van der Waals surface area contributed by atoms with E-state index >= 15 is 0 Å². The molecule has 14 heavy (non-hydrogen) atoms. The molecule has 1 aromatic carbocycles. The van der Waals surface area contributed by atoms with Gasteiger partial charge < -0.3 is 10.6 Å². The third-order valence-electron chi connectivity index (χ3n) is 2.62. The fourth-order valence-corrected chi connectivity index (χ4v) is 1.91. The molecule has 0 saturated carbocycles. The molecule has 1 aromatic rings. The van der Waals surface area contributed by atoms with Crippen molar-refractivity contribution in [3.63, 3.8) is 0 Å². The van der Waals surface area contributed by atoms with Gasteiger partial charge in [-0.25, -0.2) is 0 Å². The zero-order valence-corrected chi connectivity index (χ0v) is 8.29. The average molecular weight is 188 g/mol. The van der Waals surface area contributed by atoms with Gasteiger partial charge in [0.05, 0.1) is 0 Å². The van der Waals surface area contributed by atoms with E-state index < -0.39 is 0 Å². The van der Waals surface area contributed by atoms with Crippen LogP contribution in [0.1, 0.15) is 12.0 Å². The van der Waals surface area contributed by atoms with Crippen molar-refractivity contribution in [1.29, 1.82) is 0 Å². The smallest absolute Gasteiger partial charge is 0.0375 e. The summed E-state index contributed by atoms with van der Waals surface area (Å²) in [5, 5.41) is 6.64. The molecular weight excluding hydrogens is 172 g/mol. The Morgan fingerprint density at radius 2 is 2.36 bits per heavy atom. The van der Waals surface area contributed by atoms with Crippen LogP contribution in [0.15, 0.2) is 37.0 Å². The second kappa shape index (κ2) is 4.18. The molecule has 0 spiro atoms. The monoisotopic (exact) mass is 188 g/mol. The van der Waals surface area contributed by atoms with Gasteiger partial charge in [-0.2, -0.15) is 0 Å². The molecule has 1 atom stereocenters. The Hall–Kier alpha value is -1.44. The van der Waals surface area contributed by atoms with Crippen molar-refractivity contribution in [2.24, 2.45) is 0 Å². The summed E-state index contributed by atoms with van der Waals surface area (Å²) in [5.74, 6) is 0. The van der Waals surface area contributed by atoms with E-state index in [2.05, 4.69) is 41.5 Å². The molecule has 74 valence electrons. The Kier molecular flexibility index (Phi) is 2.73. The first-order valence-electron chi connectivity index (χ1n) is 5.09. The molecule has 1 heterocycles. The van der Waals surface area contributed by atoms with Crippen LogP contribution in [0.2, 0.25) is 0 Å². The maximum atomic E-state index is 3.63. The zero-order valence-electron chi connectivity index (χ0n) is 8.29. The molecule has 2 heteroatoms. The maximum Gasteiger partial charge on any atom is 0.0375 e. The van der Waals surface area contributed by atoms with Crippen LogP contribution in [0, 0.1) is 0 Å². The lowest BCUT2D eigenvalue weighted by Crippen LogP contribution is -2.21. The topological polar surface area (TPSA) is 24.1 Å². The van der Waals surface area contributed by atoms with Gasteiger partial charge in [0.2, 0.25) is 0 Å². The van der Waals surface area contributed by atoms with Gasteiger partial charge >= 0.3 is 0 Å². The highest BCUT2D eigenvalue weighted by molar-refractivity contribution is 5.56. The highest BCUT2D eigenvalue weighted by Crippen LogP contribution is 2.26. The van der Waals surface area contributed by atoms with Crippen LogP contribution in [-0.2, 0) is 6.42 Å². The zero-order chi connectivity index (χ0) is 9.80.